The lowest BCUT2D eigenvalue weighted by molar-refractivity contribution is -0.181. The van der Waals surface area contributed by atoms with Gasteiger partial charge < -0.3 is 0 Å². The number of nitrogens with zero attached hydrogens (tertiary/aromatic N) is 1. The Labute approximate surface area is 98.1 Å². The van der Waals surface area contributed by atoms with Crippen molar-refractivity contribution in [1.29, 1.82) is 0 Å². The van der Waals surface area contributed by atoms with Crippen LogP contribution in [0.15, 0.2) is 0 Å². The van der Waals surface area contributed by atoms with E-state index < -0.39 is 23.0 Å². The molecule has 1 heterocycles. The summed E-state index contributed by atoms with van der Waals surface area (Å²) in [6.45, 7) is 0.950. The SMILES string of the molecule is CC1CCN(S(=O)(=O)NOCC(F)(F)F)CC1. The third-order valence-corrected chi connectivity index (χ3v) is 3.86. The second-order valence-electron chi connectivity index (χ2n) is 4.07. The van der Waals surface area contributed by atoms with Crippen LogP contribution in [-0.4, -0.2) is 38.6 Å². The third kappa shape index (κ3) is 5.19. The Bertz CT molecular complexity index is 336. The van der Waals surface area contributed by atoms with Crippen LogP contribution in [-0.2, 0) is 15.0 Å². The molecular formula is C8H15F3N2O3S. The molecule has 17 heavy (non-hydrogen) atoms. The van der Waals surface area contributed by atoms with Crippen molar-refractivity contribution in [3.8, 4) is 0 Å². The van der Waals surface area contributed by atoms with Gasteiger partial charge in [-0.05, 0) is 18.8 Å². The lowest BCUT2D eigenvalue weighted by atomic mass is 10.0. The van der Waals surface area contributed by atoms with Crippen LogP contribution >= 0.6 is 0 Å². The molecule has 0 unspecified atom stereocenters. The summed E-state index contributed by atoms with van der Waals surface area (Å²) in [7, 11) is -3.97. The van der Waals surface area contributed by atoms with Crippen LogP contribution in [0.5, 0.6) is 0 Å². The van der Waals surface area contributed by atoms with E-state index in [9.17, 15) is 21.6 Å². The van der Waals surface area contributed by atoms with E-state index in [0.717, 1.165) is 4.31 Å². The highest BCUT2D eigenvalue weighted by Gasteiger charge is 2.31. The zero-order valence-corrected chi connectivity index (χ0v) is 10.1. The van der Waals surface area contributed by atoms with Gasteiger partial charge in [0.05, 0.1) is 0 Å². The Morgan fingerprint density at radius 3 is 2.35 bits per heavy atom. The summed E-state index contributed by atoms with van der Waals surface area (Å²) in [4.78, 5) is 5.42. The van der Waals surface area contributed by atoms with E-state index in [4.69, 9.17) is 0 Å². The standard InChI is InChI=1S/C8H15F3N2O3S/c1-7-2-4-13(5-3-7)17(14,15)12-16-6-8(9,10)11/h7,12H,2-6H2,1H3. The first kappa shape index (κ1) is 14.7. The van der Waals surface area contributed by atoms with Gasteiger partial charge in [0, 0.05) is 13.1 Å². The van der Waals surface area contributed by atoms with Gasteiger partial charge in [-0.3, -0.25) is 4.84 Å². The quantitative estimate of drug-likeness (QED) is 0.781. The molecule has 0 spiro atoms. The lowest BCUT2D eigenvalue weighted by Gasteiger charge is -2.29. The topological polar surface area (TPSA) is 58.6 Å². The highest BCUT2D eigenvalue weighted by molar-refractivity contribution is 7.87. The van der Waals surface area contributed by atoms with Crippen LogP contribution in [0.3, 0.4) is 0 Å². The van der Waals surface area contributed by atoms with Gasteiger partial charge in [-0.15, -0.1) is 0 Å². The molecule has 1 aliphatic heterocycles. The van der Waals surface area contributed by atoms with Crippen LogP contribution in [0.4, 0.5) is 13.2 Å². The second kappa shape index (κ2) is 5.51. The number of nitrogens with one attached hydrogen (secondary N) is 1. The maximum Gasteiger partial charge on any atom is 0.413 e. The molecular weight excluding hydrogens is 261 g/mol. The third-order valence-electron chi connectivity index (χ3n) is 2.48. The maximum atomic E-state index is 11.8. The Balaban J connectivity index is 2.41. The molecule has 1 saturated heterocycles. The van der Waals surface area contributed by atoms with Crippen molar-refractivity contribution in [2.45, 2.75) is 25.9 Å². The van der Waals surface area contributed by atoms with Crippen molar-refractivity contribution in [2.75, 3.05) is 19.7 Å². The minimum Gasteiger partial charge on any atom is -0.276 e. The first-order valence-electron chi connectivity index (χ1n) is 5.16. The molecule has 102 valence electrons. The van der Waals surface area contributed by atoms with Gasteiger partial charge in [0.1, 0.15) is 0 Å². The Morgan fingerprint density at radius 2 is 1.88 bits per heavy atom. The summed E-state index contributed by atoms with van der Waals surface area (Å²) in [5.74, 6) is 0.428. The van der Waals surface area contributed by atoms with Crippen LogP contribution in [0, 0.1) is 5.92 Å². The van der Waals surface area contributed by atoms with E-state index in [1.54, 1.807) is 0 Å². The molecule has 0 aromatic carbocycles. The number of hydrogen-bond donors (Lipinski definition) is 1. The van der Waals surface area contributed by atoms with Gasteiger partial charge in [-0.1, -0.05) is 11.8 Å². The summed E-state index contributed by atoms with van der Waals surface area (Å²) in [6, 6.07) is 0. The van der Waals surface area contributed by atoms with Crippen molar-refractivity contribution >= 4 is 10.2 Å². The Hall–Kier alpha value is -0.380. The first-order chi connectivity index (χ1) is 7.71. The largest absolute Gasteiger partial charge is 0.413 e. The van der Waals surface area contributed by atoms with Crippen LogP contribution in [0.1, 0.15) is 19.8 Å². The molecule has 0 bridgehead atoms. The van der Waals surface area contributed by atoms with E-state index in [2.05, 4.69) is 4.84 Å². The van der Waals surface area contributed by atoms with Crippen LogP contribution in [0.25, 0.3) is 0 Å². The zero-order valence-electron chi connectivity index (χ0n) is 9.33. The molecule has 0 radical (unpaired) electrons. The fourth-order valence-electron chi connectivity index (χ4n) is 1.46. The smallest absolute Gasteiger partial charge is 0.276 e. The van der Waals surface area contributed by atoms with Gasteiger partial charge >= 0.3 is 16.4 Å². The average Bonchev–Trinajstić information content (AvgIpc) is 2.15. The fourth-order valence-corrected chi connectivity index (χ4v) is 2.47. The molecule has 0 aliphatic carbocycles. The van der Waals surface area contributed by atoms with Gasteiger partial charge in [0.15, 0.2) is 6.61 Å². The van der Waals surface area contributed by atoms with Gasteiger partial charge in [-0.25, -0.2) is 0 Å². The van der Waals surface area contributed by atoms with Crippen molar-refractivity contribution in [3.63, 3.8) is 0 Å². The summed E-state index contributed by atoms with van der Waals surface area (Å²) in [6.07, 6.45) is -3.17. The predicted octanol–water partition coefficient (Wildman–Crippen LogP) is 1.05. The molecule has 5 nitrogen and oxygen atoms in total. The molecule has 1 fully saturated rings. The predicted molar refractivity (Wildman–Crippen MR) is 54.0 cm³/mol. The molecule has 1 rings (SSSR count). The average molecular weight is 276 g/mol. The summed E-state index contributed by atoms with van der Waals surface area (Å²) in [5, 5.41) is 0. The molecule has 0 aromatic rings. The highest BCUT2D eigenvalue weighted by Crippen LogP contribution is 2.18. The van der Waals surface area contributed by atoms with Gasteiger partial charge in [0.25, 0.3) is 0 Å². The molecule has 0 amide bonds. The molecule has 1 aliphatic rings. The maximum absolute atomic E-state index is 11.8. The highest BCUT2D eigenvalue weighted by atomic mass is 32.2. The summed E-state index contributed by atoms with van der Waals surface area (Å²) in [5.41, 5.74) is 0. The first-order valence-corrected chi connectivity index (χ1v) is 6.60. The normalized spacial score (nSPS) is 20.7. The van der Waals surface area contributed by atoms with Crippen LogP contribution in [0.2, 0.25) is 0 Å². The number of hydrogen-bond acceptors (Lipinski definition) is 3. The Morgan fingerprint density at radius 1 is 1.35 bits per heavy atom. The minimum atomic E-state index is -4.56. The van der Waals surface area contributed by atoms with Crippen LogP contribution < -0.4 is 4.89 Å². The van der Waals surface area contributed by atoms with E-state index in [1.165, 1.54) is 4.89 Å². The van der Waals surface area contributed by atoms with E-state index >= 15 is 0 Å². The number of piperidine rings is 1. The Kier molecular flexibility index (Phi) is 4.76. The number of alkyl halides is 3. The van der Waals surface area contributed by atoms with Crippen molar-refractivity contribution in [2.24, 2.45) is 5.92 Å². The van der Waals surface area contributed by atoms with Crippen molar-refractivity contribution < 1.29 is 26.4 Å². The molecule has 0 aromatic heterocycles. The number of halogens is 3. The second-order valence-corrected chi connectivity index (χ2v) is 5.71. The van der Waals surface area contributed by atoms with Crippen molar-refractivity contribution in [3.05, 3.63) is 0 Å². The molecule has 9 heteroatoms. The number of rotatable bonds is 4. The van der Waals surface area contributed by atoms with E-state index in [0.29, 0.717) is 31.8 Å². The fraction of sp³-hybridized carbons (Fsp3) is 1.00. The lowest BCUT2D eigenvalue weighted by Crippen LogP contribution is -2.45. The monoisotopic (exact) mass is 276 g/mol. The van der Waals surface area contributed by atoms with E-state index in [1.807, 2.05) is 6.92 Å². The molecule has 0 saturated carbocycles. The van der Waals surface area contributed by atoms with Gasteiger partial charge in [0.2, 0.25) is 0 Å². The minimum absolute atomic E-state index is 0.297. The van der Waals surface area contributed by atoms with Gasteiger partial charge in [-0.2, -0.15) is 25.9 Å². The summed E-state index contributed by atoms with van der Waals surface area (Å²) < 4.78 is 59.3. The molecule has 0 atom stereocenters. The molecule has 1 N–H and O–H groups in total. The zero-order chi connectivity index (χ0) is 13.1. The van der Waals surface area contributed by atoms with Crippen molar-refractivity contribution in [1.82, 2.24) is 9.19 Å². The summed E-state index contributed by atoms with van der Waals surface area (Å²) >= 11 is 0. The van der Waals surface area contributed by atoms with E-state index in [-0.39, 0.29) is 0 Å².